The summed E-state index contributed by atoms with van der Waals surface area (Å²) in [6, 6.07) is 19.2. The Kier molecular flexibility index (Phi) is 6.37. The highest BCUT2D eigenvalue weighted by Gasteiger charge is 2.13. The number of benzene rings is 3. The number of anilines is 1. The van der Waals surface area contributed by atoms with Crippen LogP contribution in [0.5, 0.6) is 11.5 Å². The van der Waals surface area contributed by atoms with Crippen LogP contribution in [0.4, 0.5) is 5.69 Å². The molecular weight excluding hydrogens is 430 g/mol. The number of nitrogens with zero attached hydrogens (tertiary/aromatic N) is 1. The van der Waals surface area contributed by atoms with E-state index in [1.54, 1.807) is 60.7 Å². The molecule has 7 nitrogen and oxygen atoms in total. The van der Waals surface area contributed by atoms with E-state index in [0.717, 1.165) is 0 Å². The number of nitrogens with one attached hydrogen (secondary N) is 2. The number of halogens is 1. The first-order valence-electron chi connectivity index (χ1n) is 9.98. The number of carbonyl (C=O) groups is 1. The fourth-order valence-corrected chi connectivity index (χ4v) is 3.34. The molecule has 32 heavy (non-hydrogen) atoms. The van der Waals surface area contributed by atoms with Crippen molar-refractivity contribution in [3.05, 3.63) is 82.1 Å². The number of hydrogen-bond acceptors (Lipinski definition) is 5. The van der Waals surface area contributed by atoms with Crippen LogP contribution in [0.25, 0.3) is 22.3 Å². The van der Waals surface area contributed by atoms with Crippen molar-refractivity contribution in [3.8, 4) is 22.9 Å². The summed E-state index contributed by atoms with van der Waals surface area (Å²) in [5, 5.41) is 3.67. The van der Waals surface area contributed by atoms with E-state index in [-0.39, 0.29) is 18.1 Å². The van der Waals surface area contributed by atoms with Gasteiger partial charge in [-0.15, -0.1) is 0 Å². The van der Waals surface area contributed by atoms with E-state index in [1.165, 1.54) is 0 Å². The summed E-state index contributed by atoms with van der Waals surface area (Å²) in [6.45, 7) is 2.01. The second-order valence-electron chi connectivity index (χ2n) is 6.84. The van der Waals surface area contributed by atoms with Gasteiger partial charge in [0.1, 0.15) is 5.82 Å². The second-order valence-corrected chi connectivity index (χ2v) is 7.25. The van der Waals surface area contributed by atoms with Crippen LogP contribution in [0, 0.1) is 0 Å². The van der Waals surface area contributed by atoms with Gasteiger partial charge in [0.05, 0.1) is 28.2 Å². The first kappa shape index (κ1) is 21.4. The van der Waals surface area contributed by atoms with Gasteiger partial charge in [0.25, 0.3) is 11.5 Å². The number of aromatic nitrogens is 2. The molecule has 162 valence electrons. The fraction of sp³-hybridized carbons (Fsp3) is 0.125. The molecule has 0 spiro atoms. The van der Waals surface area contributed by atoms with E-state index in [9.17, 15) is 9.59 Å². The molecule has 0 saturated heterocycles. The van der Waals surface area contributed by atoms with Gasteiger partial charge in [-0.25, -0.2) is 4.98 Å². The number of rotatable bonds is 7. The lowest BCUT2D eigenvalue weighted by Gasteiger charge is -2.14. The highest BCUT2D eigenvalue weighted by molar-refractivity contribution is 6.33. The Labute approximate surface area is 189 Å². The van der Waals surface area contributed by atoms with Crippen molar-refractivity contribution < 1.29 is 14.3 Å². The van der Waals surface area contributed by atoms with Crippen LogP contribution in [0.15, 0.2) is 71.5 Å². The maximum absolute atomic E-state index is 12.4. The van der Waals surface area contributed by atoms with Gasteiger partial charge in [-0.1, -0.05) is 35.9 Å². The first-order valence-corrected chi connectivity index (χ1v) is 10.4. The molecule has 0 atom stereocenters. The maximum atomic E-state index is 12.4. The SMILES string of the molecule is CCOc1cc(-c2nc3ccccc3c(=O)[nH]2)ccc1OCC(=O)Nc1ccccc1Cl. The van der Waals surface area contributed by atoms with Gasteiger partial charge < -0.3 is 19.8 Å². The van der Waals surface area contributed by atoms with Crippen LogP contribution >= 0.6 is 11.6 Å². The van der Waals surface area contributed by atoms with Crippen LogP contribution in [-0.4, -0.2) is 29.1 Å². The molecule has 0 radical (unpaired) electrons. The predicted octanol–water partition coefficient (Wildman–Crippen LogP) is 4.66. The molecule has 0 unspecified atom stereocenters. The lowest BCUT2D eigenvalue weighted by Crippen LogP contribution is -2.20. The summed E-state index contributed by atoms with van der Waals surface area (Å²) in [5.74, 6) is 0.891. The standard InChI is InChI=1S/C24H20ClN3O4/c1-2-31-21-13-15(23-27-18-9-5-3-7-16(18)24(30)28-23)11-12-20(21)32-14-22(29)26-19-10-6-4-8-17(19)25/h3-13H,2,14H2,1H3,(H,26,29)(H,27,28,30). The quantitative estimate of drug-likeness (QED) is 0.428. The average molecular weight is 450 g/mol. The van der Waals surface area contributed by atoms with Gasteiger partial charge in [-0.05, 0) is 49.4 Å². The molecule has 0 aliphatic heterocycles. The van der Waals surface area contributed by atoms with Gasteiger partial charge in [0.2, 0.25) is 0 Å². The molecule has 0 aliphatic carbocycles. The van der Waals surface area contributed by atoms with Crippen molar-refractivity contribution in [3.63, 3.8) is 0 Å². The Morgan fingerprint density at radius 1 is 1.03 bits per heavy atom. The minimum Gasteiger partial charge on any atom is -0.490 e. The minimum absolute atomic E-state index is 0.222. The van der Waals surface area contributed by atoms with Gasteiger partial charge in [0.15, 0.2) is 18.1 Å². The van der Waals surface area contributed by atoms with E-state index in [4.69, 9.17) is 21.1 Å². The monoisotopic (exact) mass is 449 g/mol. The Morgan fingerprint density at radius 3 is 2.62 bits per heavy atom. The zero-order chi connectivity index (χ0) is 22.5. The number of para-hydroxylation sites is 2. The van der Waals surface area contributed by atoms with Gasteiger partial charge in [0, 0.05) is 5.56 Å². The van der Waals surface area contributed by atoms with Crippen molar-refractivity contribution in [2.75, 3.05) is 18.5 Å². The molecule has 0 fully saturated rings. The van der Waals surface area contributed by atoms with Crippen LogP contribution in [0.2, 0.25) is 5.02 Å². The van der Waals surface area contributed by atoms with Gasteiger partial charge in [-0.3, -0.25) is 9.59 Å². The fourth-order valence-electron chi connectivity index (χ4n) is 3.16. The molecule has 4 rings (SSSR count). The number of amides is 1. The van der Waals surface area contributed by atoms with E-state index in [0.29, 0.717) is 51.1 Å². The summed E-state index contributed by atoms with van der Waals surface area (Å²) >= 11 is 6.07. The maximum Gasteiger partial charge on any atom is 0.262 e. The van der Waals surface area contributed by atoms with Crippen LogP contribution in [-0.2, 0) is 4.79 Å². The Hall–Kier alpha value is -3.84. The van der Waals surface area contributed by atoms with E-state index >= 15 is 0 Å². The number of hydrogen-bond donors (Lipinski definition) is 2. The van der Waals surface area contributed by atoms with E-state index in [2.05, 4.69) is 15.3 Å². The first-order chi connectivity index (χ1) is 15.5. The number of H-pyrrole nitrogens is 1. The molecule has 8 heteroatoms. The van der Waals surface area contributed by atoms with Crippen LogP contribution in [0.3, 0.4) is 0 Å². The molecule has 4 aromatic rings. The second kappa shape index (κ2) is 9.53. The third kappa shape index (κ3) is 4.73. The lowest BCUT2D eigenvalue weighted by molar-refractivity contribution is -0.118. The predicted molar refractivity (Wildman–Crippen MR) is 125 cm³/mol. The molecule has 0 saturated carbocycles. The highest BCUT2D eigenvalue weighted by atomic mass is 35.5. The largest absolute Gasteiger partial charge is 0.490 e. The van der Waals surface area contributed by atoms with Crippen molar-refractivity contribution in [1.29, 1.82) is 0 Å². The zero-order valence-electron chi connectivity index (χ0n) is 17.2. The van der Waals surface area contributed by atoms with Gasteiger partial charge in [-0.2, -0.15) is 0 Å². The molecular formula is C24H20ClN3O4. The summed E-state index contributed by atoms with van der Waals surface area (Å²) in [6.07, 6.45) is 0. The third-order valence-electron chi connectivity index (χ3n) is 4.64. The summed E-state index contributed by atoms with van der Waals surface area (Å²) < 4.78 is 11.4. The zero-order valence-corrected chi connectivity index (χ0v) is 18.0. The number of ether oxygens (including phenoxy) is 2. The molecule has 1 heterocycles. The Bertz CT molecular complexity index is 1340. The molecule has 0 aliphatic rings. The van der Waals surface area contributed by atoms with Crippen molar-refractivity contribution >= 4 is 34.1 Å². The highest BCUT2D eigenvalue weighted by Crippen LogP contribution is 2.32. The molecule has 3 aromatic carbocycles. The number of carbonyl (C=O) groups excluding carboxylic acids is 1. The van der Waals surface area contributed by atoms with Crippen molar-refractivity contribution in [2.24, 2.45) is 0 Å². The Morgan fingerprint density at radius 2 is 1.81 bits per heavy atom. The summed E-state index contributed by atoms with van der Waals surface area (Å²) in [4.78, 5) is 32.0. The third-order valence-corrected chi connectivity index (χ3v) is 4.97. The topological polar surface area (TPSA) is 93.3 Å². The number of fused-ring (bicyclic) bond motifs is 1. The van der Waals surface area contributed by atoms with Gasteiger partial charge >= 0.3 is 0 Å². The summed E-state index contributed by atoms with van der Waals surface area (Å²) in [7, 11) is 0. The molecule has 1 amide bonds. The number of aromatic amines is 1. The molecule has 2 N–H and O–H groups in total. The van der Waals surface area contributed by atoms with Crippen molar-refractivity contribution in [1.82, 2.24) is 9.97 Å². The normalized spacial score (nSPS) is 10.7. The van der Waals surface area contributed by atoms with Crippen LogP contribution in [0.1, 0.15) is 6.92 Å². The van der Waals surface area contributed by atoms with Crippen molar-refractivity contribution in [2.45, 2.75) is 6.92 Å². The molecule has 0 bridgehead atoms. The van der Waals surface area contributed by atoms with E-state index < -0.39 is 0 Å². The average Bonchev–Trinajstić information content (AvgIpc) is 2.80. The van der Waals surface area contributed by atoms with Crippen LogP contribution < -0.4 is 20.3 Å². The van der Waals surface area contributed by atoms with E-state index in [1.807, 2.05) is 13.0 Å². The minimum atomic E-state index is -0.356. The molecule has 1 aromatic heterocycles. The Balaban J connectivity index is 1.55. The smallest absolute Gasteiger partial charge is 0.262 e. The summed E-state index contributed by atoms with van der Waals surface area (Å²) in [5.41, 5.74) is 1.54. The lowest BCUT2D eigenvalue weighted by atomic mass is 10.1.